The molecule has 1 unspecified atom stereocenters. The Kier molecular flexibility index (Phi) is 3.01. The van der Waals surface area contributed by atoms with E-state index in [0.717, 1.165) is 6.08 Å². The van der Waals surface area contributed by atoms with Crippen LogP contribution in [0, 0.1) is 0 Å². The van der Waals surface area contributed by atoms with Crippen LogP contribution >= 0.6 is 10.2 Å². The highest BCUT2D eigenvalue weighted by atomic mass is 32.5. The standard InChI is InChI=1S/C12H8F8OS/c1-2-7-5-8-6-9(22(16,17,18,19)20)3-4-10(8)21-11(7)12(13,14)15/h2-6,11H,1H2. The van der Waals surface area contributed by atoms with Crippen LogP contribution in [-0.2, 0) is 0 Å². The molecule has 0 aliphatic carbocycles. The highest BCUT2D eigenvalue weighted by Gasteiger charge is 2.65. The van der Waals surface area contributed by atoms with Gasteiger partial charge in [0.25, 0.3) is 0 Å². The maximum absolute atomic E-state index is 12.8. The molecular weight excluding hydrogens is 344 g/mol. The van der Waals surface area contributed by atoms with E-state index < -0.39 is 44.3 Å². The number of alkyl halides is 3. The van der Waals surface area contributed by atoms with Crippen LogP contribution in [0.25, 0.3) is 6.08 Å². The summed E-state index contributed by atoms with van der Waals surface area (Å²) in [6, 6.07) is 0.505. The molecule has 22 heavy (non-hydrogen) atoms. The van der Waals surface area contributed by atoms with E-state index in [0.29, 0.717) is 12.1 Å². The highest BCUT2D eigenvalue weighted by molar-refractivity contribution is 8.45. The Labute approximate surface area is 119 Å². The molecule has 0 bridgehead atoms. The van der Waals surface area contributed by atoms with E-state index in [2.05, 4.69) is 11.3 Å². The van der Waals surface area contributed by atoms with Crippen LogP contribution in [0.5, 0.6) is 5.75 Å². The highest BCUT2D eigenvalue weighted by Crippen LogP contribution is 3.02. The van der Waals surface area contributed by atoms with Crippen LogP contribution in [0.3, 0.4) is 0 Å². The lowest BCUT2D eigenvalue weighted by molar-refractivity contribution is -0.182. The SMILES string of the molecule is C=CC1=Cc2cc(S(F)(F)(F)(F)F)ccc2OC1C(F)(F)F. The second kappa shape index (κ2) is 3.98. The van der Waals surface area contributed by atoms with Gasteiger partial charge in [0, 0.05) is 11.1 Å². The van der Waals surface area contributed by atoms with Crippen molar-refractivity contribution in [2.24, 2.45) is 0 Å². The Morgan fingerprint density at radius 2 is 1.68 bits per heavy atom. The Bertz CT molecular complexity index is 671. The molecule has 124 valence electrons. The molecule has 0 spiro atoms. The van der Waals surface area contributed by atoms with E-state index in [4.69, 9.17) is 0 Å². The van der Waals surface area contributed by atoms with E-state index >= 15 is 0 Å². The van der Waals surface area contributed by atoms with Crippen LogP contribution in [0.1, 0.15) is 5.56 Å². The molecule has 0 radical (unpaired) electrons. The van der Waals surface area contributed by atoms with Crippen molar-refractivity contribution in [2.75, 3.05) is 0 Å². The van der Waals surface area contributed by atoms with E-state index in [9.17, 15) is 32.6 Å². The maximum atomic E-state index is 12.8. The molecule has 10 heteroatoms. The molecule has 1 aliphatic heterocycles. The summed E-state index contributed by atoms with van der Waals surface area (Å²) >= 11 is 0. The van der Waals surface area contributed by atoms with Crippen molar-refractivity contribution in [3.8, 4) is 5.75 Å². The average Bonchev–Trinajstić information content (AvgIpc) is 2.32. The molecule has 0 aromatic heterocycles. The van der Waals surface area contributed by atoms with Gasteiger partial charge < -0.3 is 4.74 Å². The van der Waals surface area contributed by atoms with Gasteiger partial charge in [0.15, 0.2) is 0 Å². The molecule has 0 fully saturated rings. The molecule has 0 N–H and O–H groups in total. The molecule has 1 atom stereocenters. The van der Waals surface area contributed by atoms with Crippen molar-refractivity contribution in [3.63, 3.8) is 0 Å². The third-order valence-corrected chi connectivity index (χ3v) is 3.97. The van der Waals surface area contributed by atoms with Gasteiger partial charge in [-0.3, -0.25) is 0 Å². The molecule has 1 aromatic carbocycles. The first-order valence-electron chi connectivity index (χ1n) is 5.57. The molecule has 0 saturated heterocycles. The lowest BCUT2D eigenvalue weighted by atomic mass is 10.0. The predicted octanol–water partition coefficient (Wildman–Crippen LogP) is 6.24. The number of fused-ring (bicyclic) bond motifs is 1. The van der Waals surface area contributed by atoms with Crippen molar-refractivity contribution in [3.05, 3.63) is 42.0 Å². The molecule has 0 amide bonds. The average molecular weight is 352 g/mol. The topological polar surface area (TPSA) is 9.23 Å². The van der Waals surface area contributed by atoms with Gasteiger partial charge in [-0.2, -0.15) is 13.2 Å². The van der Waals surface area contributed by atoms with Gasteiger partial charge >= 0.3 is 16.4 Å². The molecule has 1 heterocycles. The fourth-order valence-corrected chi connectivity index (χ4v) is 2.53. The lowest BCUT2D eigenvalue weighted by Gasteiger charge is -2.41. The van der Waals surface area contributed by atoms with Crippen LogP contribution in [0.4, 0.5) is 32.6 Å². The molecule has 1 aromatic rings. The minimum absolute atomic E-state index is 0.000562. The summed E-state index contributed by atoms with van der Waals surface area (Å²) < 4.78 is 106. The van der Waals surface area contributed by atoms with Crippen LogP contribution in [-0.4, -0.2) is 12.3 Å². The summed E-state index contributed by atoms with van der Waals surface area (Å²) in [5, 5.41) is 0. The minimum atomic E-state index is -9.92. The largest absolute Gasteiger partial charge is 0.476 e. The second-order valence-electron chi connectivity index (χ2n) is 4.56. The van der Waals surface area contributed by atoms with Gasteiger partial charge in [-0.1, -0.05) is 32.1 Å². The Morgan fingerprint density at radius 3 is 2.14 bits per heavy atom. The van der Waals surface area contributed by atoms with Gasteiger partial charge in [-0.25, -0.2) is 0 Å². The van der Waals surface area contributed by atoms with Gasteiger partial charge in [-0.15, -0.1) is 0 Å². The monoisotopic (exact) mass is 352 g/mol. The van der Waals surface area contributed by atoms with Crippen molar-refractivity contribution in [1.29, 1.82) is 0 Å². The number of halogens is 8. The zero-order valence-corrected chi connectivity index (χ0v) is 11.3. The maximum Gasteiger partial charge on any atom is 0.429 e. The zero-order chi connectivity index (χ0) is 17.0. The van der Waals surface area contributed by atoms with Gasteiger partial charge in [-0.05, 0) is 24.3 Å². The fraction of sp³-hybridized carbons (Fsp3) is 0.167. The van der Waals surface area contributed by atoms with Crippen molar-refractivity contribution in [1.82, 2.24) is 0 Å². The summed E-state index contributed by atoms with van der Waals surface area (Å²) in [4.78, 5) is -2.20. The molecule has 2 rings (SSSR count). The summed E-state index contributed by atoms with van der Waals surface area (Å²) in [6.07, 6.45) is -5.80. The third kappa shape index (κ3) is 3.21. The summed E-state index contributed by atoms with van der Waals surface area (Å²) in [6.45, 7) is 3.11. The van der Waals surface area contributed by atoms with E-state index in [1.165, 1.54) is 0 Å². The summed E-state index contributed by atoms with van der Waals surface area (Å²) in [5.74, 6) is -0.571. The number of ether oxygens (including phenoxy) is 1. The summed E-state index contributed by atoms with van der Waals surface area (Å²) in [7, 11) is -9.92. The van der Waals surface area contributed by atoms with Crippen molar-refractivity contribution in [2.45, 2.75) is 17.2 Å². The molecule has 1 aliphatic rings. The lowest BCUT2D eigenvalue weighted by Crippen LogP contribution is -2.37. The van der Waals surface area contributed by atoms with Gasteiger partial charge in [0.05, 0.1) is 0 Å². The van der Waals surface area contributed by atoms with Crippen LogP contribution in [0.2, 0.25) is 0 Å². The predicted molar refractivity (Wildman–Crippen MR) is 66.5 cm³/mol. The third-order valence-electron chi connectivity index (χ3n) is 2.83. The number of hydrogen-bond acceptors (Lipinski definition) is 1. The first-order valence-corrected chi connectivity index (χ1v) is 7.52. The Hall–Kier alpha value is -1.71. The summed E-state index contributed by atoms with van der Waals surface area (Å²) in [5.41, 5.74) is -1.10. The molecular formula is C12H8F8OS. The van der Waals surface area contributed by atoms with Crippen molar-refractivity contribution >= 4 is 16.3 Å². The molecule has 0 saturated carbocycles. The number of hydrogen-bond donors (Lipinski definition) is 0. The number of benzene rings is 1. The van der Waals surface area contributed by atoms with Crippen LogP contribution < -0.4 is 4.74 Å². The smallest absolute Gasteiger partial charge is 0.429 e. The van der Waals surface area contributed by atoms with E-state index in [-0.39, 0.29) is 12.1 Å². The van der Waals surface area contributed by atoms with E-state index in [1.807, 2.05) is 0 Å². The van der Waals surface area contributed by atoms with Gasteiger partial charge in [0.1, 0.15) is 10.6 Å². The Morgan fingerprint density at radius 1 is 1.09 bits per heavy atom. The first-order chi connectivity index (χ1) is 9.61. The minimum Gasteiger partial charge on any atom is -0.476 e. The van der Waals surface area contributed by atoms with Crippen molar-refractivity contribution < 1.29 is 37.3 Å². The fourth-order valence-electron chi connectivity index (χ4n) is 1.86. The normalized spacial score (nSPS) is 21.8. The molecule has 1 nitrogen and oxygen atoms in total. The zero-order valence-electron chi connectivity index (χ0n) is 10.5. The van der Waals surface area contributed by atoms with E-state index in [1.54, 1.807) is 0 Å². The van der Waals surface area contributed by atoms with Crippen LogP contribution in [0.15, 0.2) is 41.3 Å². The second-order valence-corrected chi connectivity index (χ2v) is 6.97. The first kappa shape index (κ1) is 16.7. The quantitative estimate of drug-likeness (QED) is 0.573. The van der Waals surface area contributed by atoms with Gasteiger partial charge in [0.2, 0.25) is 6.10 Å². The number of rotatable bonds is 2. The Balaban J connectivity index is 2.59.